The standard InChI is InChI=1S/C5H7ClPS/c1-2-3-4-5-7(6)8/h3,5H,2H2,1H3/q+1. The van der Waals surface area contributed by atoms with Crippen LogP contribution in [0.25, 0.3) is 0 Å². The maximum absolute atomic E-state index is 5.46. The van der Waals surface area contributed by atoms with Gasteiger partial charge in [-0.1, -0.05) is 12.7 Å². The van der Waals surface area contributed by atoms with Crippen LogP contribution in [0.2, 0.25) is 0 Å². The van der Waals surface area contributed by atoms with E-state index in [0.29, 0.717) is 0 Å². The van der Waals surface area contributed by atoms with Crippen LogP contribution in [-0.2, 0) is 11.8 Å². The van der Waals surface area contributed by atoms with Crippen LogP contribution < -0.4 is 0 Å². The minimum atomic E-state index is -0.824. The molecule has 0 aromatic carbocycles. The van der Waals surface area contributed by atoms with E-state index in [0.717, 1.165) is 6.42 Å². The van der Waals surface area contributed by atoms with Crippen LogP contribution in [0.4, 0.5) is 0 Å². The fraction of sp³-hybridized carbons (Fsp3) is 0.400. The molecule has 0 N–H and O–H groups in total. The predicted molar refractivity (Wildman–Crippen MR) is 43.1 cm³/mol. The van der Waals surface area contributed by atoms with E-state index in [9.17, 15) is 0 Å². The van der Waals surface area contributed by atoms with Crippen molar-refractivity contribution in [3.8, 4) is 0 Å². The normalized spacial score (nSPS) is 9.50. The number of allylic oxidation sites excluding steroid dienone is 1. The van der Waals surface area contributed by atoms with Gasteiger partial charge in [-0.25, -0.2) is 0 Å². The van der Waals surface area contributed by atoms with Gasteiger partial charge < -0.3 is 0 Å². The van der Waals surface area contributed by atoms with Gasteiger partial charge in [-0.3, -0.25) is 0 Å². The molecule has 0 heterocycles. The topological polar surface area (TPSA) is 0 Å². The Bertz CT molecular complexity index is 135. The van der Waals surface area contributed by atoms with Crippen LogP contribution in [0.15, 0.2) is 17.6 Å². The van der Waals surface area contributed by atoms with Crippen molar-refractivity contribution in [2.75, 3.05) is 0 Å². The van der Waals surface area contributed by atoms with Gasteiger partial charge in [0.2, 0.25) is 0 Å². The first-order chi connectivity index (χ1) is 3.77. The summed E-state index contributed by atoms with van der Waals surface area (Å²) in [7, 11) is 0. The number of rotatable bonds is 2. The lowest BCUT2D eigenvalue weighted by molar-refractivity contribution is 1.23. The molecule has 0 rings (SSSR count). The van der Waals surface area contributed by atoms with Gasteiger partial charge >= 0.3 is 6.05 Å². The molecule has 0 saturated carbocycles. The number of halogens is 1. The van der Waals surface area contributed by atoms with Crippen LogP contribution in [0.1, 0.15) is 13.3 Å². The maximum atomic E-state index is 5.46. The van der Waals surface area contributed by atoms with Crippen LogP contribution in [0.3, 0.4) is 0 Å². The molecule has 0 saturated heterocycles. The summed E-state index contributed by atoms with van der Waals surface area (Å²) in [6.45, 7) is 2.04. The van der Waals surface area contributed by atoms with E-state index in [2.05, 4.69) is 17.5 Å². The van der Waals surface area contributed by atoms with E-state index in [1.807, 2.05) is 13.0 Å². The fourth-order valence-electron chi connectivity index (χ4n) is 0.229. The molecule has 8 heavy (non-hydrogen) atoms. The molecule has 0 aliphatic heterocycles. The highest BCUT2D eigenvalue weighted by molar-refractivity contribution is 8.18. The Balaban J connectivity index is 3.64. The first kappa shape index (κ1) is 8.33. The third kappa shape index (κ3) is 6.33. The monoisotopic (exact) mass is 165 g/mol. The van der Waals surface area contributed by atoms with Crippen molar-refractivity contribution < 1.29 is 0 Å². The van der Waals surface area contributed by atoms with Gasteiger partial charge in [0, 0.05) is 0 Å². The zero-order valence-corrected chi connectivity index (χ0v) is 7.06. The molecule has 0 radical (unpaired) electrons. The first-order valence-corrected chi connectivity index (χ1v) is 5.63. The summed E-state index contributed by atoms with van der Waals surface area (Å²) >= 11 is 10.1. The van der Waals surface area contributed by atoms with Crippen molar-refractivity contribution in [2.45, 2.75) is 13.3 Å². The molecule has 0 aromatic rings. The van der Waals surface area contributed by atoms with E-state index in [-0.39, 0.29) is 0 Å². The van der Waals surface area contributed by atoms with Gasteiger partial charge in [-0.05, 0) is 12.5 Å². The van der Waals surface area contributed by atoms with Crippen LogP contribution >= 0.6 is 17.3 Å². The highest BCUT2D eigenvalue weighted by Crippen LogP contribution is 2.27. The Morgan fingerprint density at radius 3 is 2.88 bits per heavy atom. The average Bonchev–Trinajstić information content (AvgIpc) is 1.66. The molecule has 0 fully saturated rings. The van der Waals surface area contributed by atoms with Gasteiger partial charge in [-0.15, -0.1) is 0 Å². The van der Waals surface area contributed by atoms with Gasteiger partial charge in [0.1, 0.15) is 0 Å². The highest BCUT2D eigenvalue weighted by Gasteiger charge is 1.91. The lowest BCUT2D eigenvalue weighted by Gasteiger charge is -1.61. The molecule has 1 unspecified atom stereocenters. The molecule has 0 aliphatic rings. The zero-order chi connectivity index (χ0) is 6.41. The van der Waals surface area contributed by atoms with Crippen molar-refractivity contribution in [1.82, 2.24) is 0 Å². The molecule has 0 amide bonds. The first-order valence-electron chi connectivity index (χ1n) is 2.30. The molecular weight excluding hydrogens is 159 g/mol. The minimum absolute atomic E-state index is 0.824. The van der Waals surface area contributed by atoms with Crippen LogP contribution in [0, 0.1) is 0 Å². The molecular formula is C5H7ClPS+. The molecule has 0 nitrogen and oxygen atoms in total. The minimum Gasteiger partial charge on any atom is -0.0770 e. The molecule has 0 spiro atoms. The third-order valence-electron chi connectivity index (χ3n) is 0.498. The molecule has 44 valence electrons. The Morgan fingerprint density at radius 2 is 2.50 bits per heavy atom. The quantitative estimate of drug-likeness (QED) is 0.448. The van der Waals surface area contributed by atoms with Crippen molar-refractivity contribution in [3.63, 3.8) is 0 Å². The lowest BCUT2D eigenvalue weighted by Crippen LogP contribution is -1.42. The summed E-state index contributed by atoms with van der Waals surface area (Å²) in [4.78, 5) is 0. The van der Waals surface area contributed by atoms with Crippen molar-refractivity contribution in [1.29, 1.82) is 0 Å². The summed E-state index contributed by atoms with van der Waals surface area (Å²) in [5.74, 6) is 1.72. The van der Waals surface area contributed by atoms with Crippen molar-refractivity contribution >= 4 is 29.1 Å². The largest absolute Gasteiger partial charge is 0.327 e. The second kappa shape index (κ2) is 5.47. The maximum Gasteiger partial charge on any atom is 0.327 e. The van der Waals surface area contributed by atoms with E-state index in [1.54, 1.807) is 5.82 Å². The van der Waals surface area contributed by atoms with Crippen LogP contribution in [-0.4, -0.2) is 0 Å². The summed E-state index contributed by atoms with van der Waals surface area (Å²) in [6, 6.07) is -0.824. The Labute approximate surface area is 60.5 Å². The average molecular weight is 166 g/mol. The predicted octanol–water partition coefficient (Wildman–Crippen LogP) is 3.16. The summed E-state index contributed by atoms with van der Waals surface area (Å²) in [5.41, 5.74) is 2.88. The highest BCUT2D eigenvalue weighted by atomic mass is 35.7. The van der Waals surface area contributed by atoms with Gasteiger partial charge in [0.05, 0.1) is 0 Å². The molecule has 0 aromatic heterocycles. The SMILES string of the molecule is CCC=C=C[P+](=S)Cl. The number of hydrogen-bond acceptors (Lipinski definition) is 1. The smallest absolute Gasteiger partial charge is 0.0770 e. The molecule has 0 aliphatic carbocycles. The van der Waals surface area contributed by atoms with Crippen LogP contribution in [0.5, 0.6) is 0 Å². The third-order valence-corrected chi connectivity index (χ3v) is 1.46. The van der Waals surface area contributed by atoms with Gasteiger partial charge in [-0.2, -0.15) is 0 Å². The molecule has 1 atom stereocenters. The summed E-state index contributed by atoms with van der Waals surface area (Å²) in [6.07, 6.45) is 2.90. The van der Waals surface area contributed by atoms with Crippen molar-refractivity contribution in [3.05, 3.63) is 17.6 Å². The summed E-state index contributed by atoms with van der Waals surface area (Å²) < 4.78 is 0. The van der Waals surface area contributed by atoms with E-state index in [4.69, 9.17) is 11.2 Å². The van der Waals surface area contributed by atoms with E-state index < -0.39 is 6.05 Å². The van der Waals surface area contributed by atoms with Gasteiger partial charge in [0.15, 0.2) is 28.9 Å². The lowest BCUT2D eigenvalue weighted by atomic mass is 10.5. The Hall–Kier alpha value is 0.330. The number of hydrogen-bond donors (Lipinski definition) is 0. The van der Waals surface area contributed by atoms with E-state index >= 15 is 0 Å². The van der Waals surface area contributed by atoms with E-state index in [1.165, 1.54) is 0 Å². The van der Waals surface area contributed by atoms with Gasteiger partial charge in [0.25, 0.3) is 0 Å². The summed E-state index contributed by atoms with van der Waals surface area (Å²) in [5, 5.41) is 0. The molecule has 0 bridgehead atoms. The Morgan fingerprint density at radius 1 is 1.88 bits per heavy atom. The Kier molecular flexibility index (Phi) is 5.69. The molecule has 3 heteroatoms. The van der Waals surface area contributed by atoms with Crippen molar-refractivity contribution in [2.24, 2.45) is 0 Å². The fourth-order valence-corrected chi connectivity index (χ4v) is 0.803. The zero-order valence-electron chi connectivity index (χ0n) is 4.60. The second-order valence-electron chi connectivity index (χ2n) is 1.18. The second-order valence-corrected chi connectivity index (χ2v) is 4.86.